The molecule has 50 valence electrons. The predicted octanol–water partition coefficient (Wildman–Crippen LogP) is -0.589. The van der Waals surface area contributed by atoms with E-state index in [0.717, 1.165) is 17.1 Å². The normalized spacial score (nSPS) is 17.2. The fraction of sp³-hybridized carbons (Fsp3) is 1.00. The molecule has 1 aliphatic rings. The summed E-state index contributed by atoms with van der Waals surface area (Å²) >= 11 is 0. The van der Waals surface area contributed by atoms with Gasteiger partial charge in [-0.05, 0) is 19.8 Å². The molecule has 8 heavy (non-hydrogen) atoms. The van der Waals surface area contributed by atoms with Crippen LogP contribution in [0.3, 0.4) is 0 Å². The van der Waals surface area contributed by atoms with Gasteiger partial charge in [-0.15, -0.1) is 0 Å². The van der Waals surface area contributed by atoms with Crippen molar-refractivity contribution in [2.45, 2.75) is 25.8 Å². The van der Waals surface area contributed by atoms with E-state index in [9.17, 15) is 0 Å². The Morgan fingerprint density at radius 3 is 2.00 bits per heavy atom. The predicted molar refractivity (Wildman–Crippen MR) is 38.8 cm³/mol. The van der Waals surface area contributed by atoms with Gasteiger partial charge in [-0.1, -0.05) is 0 Å². The molecule has 0 amide bonds. The Hall–Kier alpha value is 0.137. The largest absolute Gasteiger partial charge is 0.428 e. The lowest BCUT2D eigenvalue weighted by molar-refractivity contribution is 0.375. The summed E-state index contributed by atoms with van der Waals surface area (Å²) in [6, 6.07) is 0.583. The number of hydrogen-bond acceptors (Lipinski definition) is 2. The lowest BCUT2D eigenvalue weighted by atomic mass is 10.8. The molecule has 3 heteroatoms. The molecule has 2 N–H and O–H groups in total. The van der Waals surface area contributed by atoms with Crippen LogP contribution in [-0.2, 0) is 4.43 Å². The van der Waals surface area contributed by atoms with Gasteiger partial charge in [-0.25, -0.2) is 0 Å². The van der Waals surface area contributed by atoms with Crippen molar-refractivity contribution in [3.8, 4) is 0 Å². The van der Waals surface area contributed by atoms with E-state index < -0.39 is 0 Å². The van der Waals surface area contributed by atoms with Crippen LogP contribution in [0.2, 0.25) is 0 Å². The highest BCUT2D eigenvalue weighted by atomic mass is 28.2. The summed E-state index contributed by atoms with van der Waals surface area (Å²) in [7, 11) is 0.890. The molecule has 1 saturated carbocycles. The Bertz CT molecular complexity index is 45.7. The highest BCUT2D eigenvalue weighted by Crippen LogP contribution is 2.13. The van der Waals surface area contributed by atoms with Gasteiger partial charge < -0.3 is 10.2 Å². The maximum Gasteiger partial charge on any atom is 0.145 e. The maximum atomic E-state index is 5.22. The SMILES string of the molecule is CCO[SiH3].NC1CC1. The highest BCUT2D eigenvalue weighted by molar-refractivity contribution is 5.97. The summed E-state index contributed by atoms with van der Waals surface area (Å²) in [6.45, 7) is 2.87. The first kappa shape index (κ1) is 8.14. The van der Waals surface area contributed by atoms with Crippen molar-refractivity contribution >= 4 is 10.5 Å². The van der Waals surface area contributed by atoms with Crippen molar-refractivity contribution in [3.05, 3.63) is 0 Å². The quantitative estimate of drug-likeness (QED) is 0.485. The number of hydrogen-bond donors (Lipinski definition) is 1. The van der Waals surface area contributed by atoms with Gasteiger partial charge in [0.05, 0.1) is 0 Å². The average Bonchev–Trinajstić information content (AvgIpc) is 2.52. The van der Waals surface area contributed by atoms with Gasteiger partial charge in [-0.2, -0.15) is 0 Å². The molecule has 0 aliphatic heterocycles. The molecule has 2 nitrogen and oxygen atoms in total. The van der Waals surface area contributed by atoms with Crippen molar-refractivity contribution in [3.63, 3.8) is 0 Å². The summed E-state index contributed by atoms with van der Waals surface area (Å²) in [6.07, 6.45) is 2.53. The van der Waals surface area contributed by atoms with E-state index in [1.165, 1.54) is 12.8 Å². The third-order valence-corrected chi connectivity index (χ3v) is 1.49. The van der Waals surface area contributed by atoms with E-state index in [1.54, 1.807) is 0 Å². The zero-order chi connectivity index (χ0) is 6.41. The maximum absolute atomic E-state index is 5.22. The van der Waals surface area contributed by atoms with Gasteiger partial charge >= 0.3 is 0 Å². The molecule has 0 unspecified atom stereocenters. The van der Waals surface area contributed by atoms with Gasteiger partial charge in [-0.3, -0.25) is 0 Å². The molecule has 0 aromatic rings. The second-order valence-electron chi connectivity index (χ2n) is 1.91. The van der Waals surface area contributed by atoms with Crippen molar-refractivity contribution in [2.75, 3.05) is 6.61 Å². The Balaban J connectivity index is 0.000000122. The van der Waals surface area contributed by atoms with Crippen LogP contribution in [0.4, 0.5) is 0 Å². The molecular weight excluding hydrogens is 118 g/mol. The van der Waals surface area contributed by atoms with Crippen LogP contribution in [0.25, 0.3) is 0 Å². The Morgan fingerprint density at radius 2 is 2.00 bits per heavy atom. The highest BCUT2D eigenvalue weighted by Gasteiger charge is 2.13. The molecule has 0 aromatic heterocycles. The first-order valence-electron chi connectivity index (χ1n) is 3.05. The smallest absolute Gasteiger partial charge is 0.145 e. The third-order valence-electron chi connectivity index (χ3n) is 0.911. The molecule has 0 aromatic carbocycles. The summed E-state index contributed by atoms with van der Waals surface area (Å²) in [5.74, 6) is 0. The Kier molecular flexibility index (Phi) is 5.37. The zero-order valence-corrected chi connectivity index (χ0v) is 7.68. The van der Waals surface area contributed by atoms with Crippen LogP contribution >= 0.6 is 0 Å². The van der Waals surface area contributed by atoms with E-state index in [-0.39, 0.29) is 0 Å². The summed E-state index contributed by atoms with van der Waals surface area (Å²) < 4.78 is 4.68. The van der Waals surface area contributed by atoms with E-state index in [0.29, 0.717) is 6.04 Å². The van der Waals surface area contributed by atoms with Crippen LogP contribution < -0.4 is 5.73 Å². The topological polar surface area (TPSA) is 35.2 Å². The molecule has 0 spiro atoms. The number of rotatable bonds is 1. The molecule has 1 fully saturated rings. The monoisotopic (exact) mass is 133 g/mol. The molecule has 1 rings (SSSR count). The second kappa shape index (κ2) is 5.28. The molecular formula is C5H15NOSi. The summed E-state index contributed by atoms with van der Waals surface area (Å²) in [5, 5.41) is 0. The minimum absolute atomic E-state index is 0.583. The van der Waals surface area contributed by atoms with Crippen LogP contribution in [0.1, 0.15) is 19.8 Å². The van der Waals surface area contributed by atoms with E-state index in [4.69, 9.17) is 5.73 Å². The van der Waals surface area contributed by atoms with Gasteiger partial charge in [0.15, 0.2) is 0 Å². The van der Waals surface area contributed by atoms with E-state index in [2.05, 4.69) is 4.43 Å². The lowest BCUT2D eigenvalue weighted by Gasteiger charge is -1.77. The van der Waals surface area contributed by atoms with Gasteiger partial charge in [0.2, 0.25) is 0 Å². The molecule has 0 saturated heterocycles. The third kappa shape index (κ3) is 9.46. The van der Waals surface area contributed by atoms with Gasteiger partial charge in [0.25, 0.3) is 0 Å². The van der Waals surface area contributed by atoms with Crippen molar-refractivity contribution < 1.29 is 4.43 Å². The minimum Gasteiger partial charge on any atom is -0.428 e. The molecule has 0 radical (unpaired) electrons. The van der Waals surface area contributed by atoms with Crippen LogP contribution in [0.5, 0.6) is 0 Å². The second-order valence-corrected chi connectivity index (χ2v) is 2.49. The van der Waals surface area contributed by atoms with Gasteiger partial charge in [0, 0.05) is 12.6 Å². The molecule has 1 aliphatic carbocycles. The van der Waals surface area contributed by atoms with Crippen molar-refractivity contribution in [1.82, 2.24) is 0 Å². The standard InChI is InChI=1S/C3H7N.C2H8OSi/c4-3-1-2-3;1-2-3-4/h3H,1-2,4H2;2H2,1,4H3. The fourth-order valence-corrected chi connectivity index (χ4v) is 0.0962. The van der Waals surface area contributed by atoms with Crippen molar-refractivity contribution in [2.24, 2.45) is 5.73 Å². The van der Waals surface area contributed by atoms with Crippen molar-refractivity contribution in [1.29, 1.82) is 0 Å². The number of nitrogens with two attached hydrogens (primary N) is 1. The summed E-state index contributed by atoms with van der Waals surface area (Å²) in [5.41, 5.74) is 5.22. The summed E-state index contributed by atoms with van der Waals surface area (Å²) in [4.78, 5) is 0. The Labute approximate surface area is 53.9 Å². The van der Waals surface area contributed by atoms with Gasteiger partial charge in [0.1, 0.15) is 10.5 Å². The molecule has 0 atom stereocenters. The minimum atomic E-state index is 0.583. The van der Waals surface area contributed by atoms with Crippen LogP contribution in [0.15, 0.2) is 0 Å². The lowest BCUT2D eigenvalue weighted by Crippen LogP contribution is -1.94. The van der Waals surface area contributed by atoms with E-state index >= 15 is 0 Å². The zero-order valence-electron chi connectivity index (χ0n) is 5.68. The molecule has 0 bridgehead atoms. The fourth-order valence-electron chi connectivity index (χ4n) is 0.0962. The molecule has 0 heterocycles. The van der Waals surface area contributed by atoms with Crippen LogP contribution in [0, 0.1) is 0 Å². The first-order valence-corrected chi connectivity index (χ1v) is 3.87. The van der Waals surface area contributed by atoms with Crippen LogP contribution in [-0.4, -0.2) is 23.1 Å². The van der Waals surface area contributed by atoms with E-state index in [1.807, 2.05) is 6.92 Å². The Morgan fingerprint density at radius 1 is 1.75 bits per heavy atom. The first-order chi connectivity index (χ1) is 3.81. The average molecular weight is 133 g/mol.